The first-order valence-electron chi connectivity index (χ1n) is 15.0. The number of carbonyl (C=O) groups is 2. The van der Waals surface area contributed by atoms with Gasteiger partial charge in [0.2, 0.25) is 0 Å². The van der Waals surface area contributed by atoms with Gasteiger partial charge in [0.25, 0.3) is 17.5 Å². The van der Waals surface area contributed by atoms with Crippen molar-refractivity contribution in [3.8, 4) is 0 Å². The minimum atomic E-state index is -0.463. The SMILES string of the molecule is [C-]#[N+]C1=C(C)/C(=C\c2cc(Cl)c(N(CCCCCC)CCCCCC)s2)C(=O)N(CC(CC)CCCC)C1=O. The number of halogens is 1. The van der Waals surface area contributed by atoms with Gasteiger partial charge in [-0.1, -0.05) is 97.1 Å². The van der Waals surface area contributed by atoms with Gasteiger partial charge >= 0.3 is 0 Å². The summed E-state index contributed by atoms with van der Waals surface area (Å²) in [6.45, 7) is 20.4. The molecule has 2 amide bonds. The number of rotatable bonds is 18. The molecule has 1 aromatic heterocycles. The van der Waals surface area contributed by atoms with Gasteiger partial charge in [-0.2, -0.15) is 0 Å². The standard InChI is InChI=1S/C32H48ClN3O2S/c1-7-11-14-16-19-35(20-17-15-12-8-2)32-28(33)22-26(39-32)21-27-24(5)29(34-6)31(38)36(30(27)37)23-25(10-4)18-13-9-3/h21-22,25H,7-20,23H2,1-5H3/b27-21+. The summed E-state index contributed by atoms with van der Waals surface area (Å²) in [4.78, 5) is 34.9. The monoisotopic (exact) mass is 573 g/mol. The summed E-state index contributed by atoms with van der Waals surface area (Å²) in [5.74, 6) is -0.530. The number of thiophene rings is 1. The molecule has 0 aromatic carbocycles. The van der Waals surface area contributed by atoms with Crippen molar-refractivity contribution < 1.29 is 9.59 Å². The highest BCUT2D eigenvalue weighted by molar-refractivity contribution is 7.17. The van der Waals surface area contributed by atoms with Gasteiger partial charge in [0, 0.05) is 30.1 Å². The van der Waals surface area contributed by atoms with E-state index in [9.17, 15) is 9.59 Å². The van der Waals surface area contributed by atoms with Gasteiger partial charge in [0.1, 0.15) is 5.00 Å². The fourth-order valence-electron chi connectivity index (χ4n) is 5.04. The molecular weight excluding hydrogens is 526 g/mol. The van der Waals surface area contributed by atoms with E-state index in [-0.39, 0.29) is 17.5 Å². The normalized spacial score (nSPS) is 15.8. The second-order valence-electron chi connectivity index (χ2n) is 10.7. The zero-order chi connectivity index (χ0) is 28.8. The predicted molar refractivity (Wildman–Crippen MR) is 167 cm³/mol. The minimum absolute atomic E-state index is 0.0440. The molecule has 1 aliphatic heterocycles. The molecular formula is C32H48ClN3O2S. The van der Waals surface area contributed by atoms with E-state index < -0.39 is 5.91 Å². The van der Waals surface area contributed by atoms with Gasteiger partial charge in [0.05, 0.1) is 11.6 Å². The number of imide groups is 1. The number of nitrogens with zero attached hydrogens (tertiary/aromatic N) is 3. The van der Waals surface area contributed by atoms with Crippen LogP contribution in [0.15, 0.2) is 22.9 Å². The van der Waals surface area contributed by atoms with E-state index in [4.69, 9.17) is 18.2 Å². The maximum absolute atomic E-state index is 13.6. The number of hydrogen-bond donors (Lipinski definition) is 0. The van der Waals surface area contributed by atoms with Gasteiger partial charge in [-0.25, -0.2) is 4.85 Å². The summed E-state index contributed by atoms with van der Waals surface area (Å²) in [5, 5.41) is 1.75. The van der Waals surface area contributed by atoms with Crippen LogP contribution in [0.4, 0.5) is 5.00 Å². The van der Waals surface area contributed by atoms with Crippen molar-refractivity contribution in [2.24, 2.45) is 5.92 Å². The molecule has 2 heterocycles. The van der Waals surface area contributed by atoms with Crippen molar-refractivity contribution in [3.63, 3.8) is 0 Å². The van der Waals surface area contributed by atoms with E-state index >= 15 is 0 Å². The molecule has 216 valence electrons. The van der Waals surface area contributed by atoms with E-state index in [0.717, 1.165) is 61.5 Å². The lowest BCUT2D eigenvalue weighted by Gasteiger charge is -2.30. The van der Waals surface area contributed by atoms with E-state index in [1.165, 1.54) is 43.4 Å². The lowest BCUT2D eigenvalue weighted by molar-refractivity contribution is -0.141. The van der Waals surface area contributed by atoms with Crippen molar-refractivity contribution >= 4 is 45.8 Å². The fourth-order valence-corrected chi connectivity index (χ4v) is 6.50. The lowest BCUT2D eigenvalue weighted by Crippen LogP contribution is -2.44. The Kier molecular flexibility index (Phi) is 14.9. The summed E-state index contributed by atoms with van der Waals surface area (Å²) in [6, 6.07) is 1.93. The molecule has 1 aliphatic rings. The maximum atomic E-state index is 13.6. The zero-order valence-electron chi connectivity index (χ0n) is 24.8. The first-order chi connectivity index (χ1) is 18.8. The second kappa shape index (κ2) is 17.6. The molecule has 0 fully saturated rings. The highest BCUT2D eigenvalue weighted by atomic mass is 35.5. The topological polar surface area (TPSA) is 45.0 Å². The van der Waals surface area contributed by atoms with Gasteiger partial charge in [-0.05, 0) is 49.8 Å². The van der Waals surface area contributed by atoms with Crippen molar-refractivity contribution in [3.05, 3.63) is 44.2 Å². The van der Waals surface area contributed by atoms with Crippen LogP contribution in [0.5, 0.6) is 0 Å². The van der Waals surface area contributed by atoms with Crippen LogP contribution in [0.3, 0.4) is 0 Å². The Morgan fingerprint density at radius 1 is 0.974 bits per heavy atom. The molecule has 0 saturated heterocycles. The van der Waals surface area contributed by atoms with Crippen LogP contribution in [-0.2, 0) is 9.59 Å². The van der Waals surface area contributed by atoms with Crippen molar-refractivity contribution in [2.75, 3.05) is 24.5 Å². The fraction of sp³-hybridized carbons (Fsp3) is 0.656. The molecule has 0 bridgehead atoms. The van der Waals surface area contributed by atoms with Gasteiger partial charge in [0.15, 0.2) is 0 Å². The molecule has 5 nitrogen and oxygen atoms in total. The maximum Gasteiger partial charge on any atom is 0.260 e. The van der Waals surface area contributed by atoms with Crippen LogP contribution in [0.25, 0.3) is 10.9 Å². The number of hydrogen-bond acceptors (Lipinski definition) is 4. The third-order valence-electron chi connectivity index (χ3n) is 7.60. The molecule has 1 atom stereocenters. The van der Waals surface area contributed by atoms with Gasteiger partial charge in [-0.15, -0.1) is 11.3 Å². The first kappa shape index (κ1) is 33.1. The average molecular weight is 574 g/mol. The quantitative estimate of drug-likeness (QED) is 0.0760. The highest BCUT2D eigenvalue weighted by Crippen LogP contribution is 2.39. The van der Waals surface area contributed by atoms with Crippen LogP contribution >= 0.6 is 22.9 Å². The van der Waals surface area contributed by atoms with Crippen molar-refractivity contribution in [2.45, 2.75) is 112 Å². The molecule has 2 rings (SSSR count). The Balaban J connectivity index is 2.37. The number of anilines is 1. The molecule has 1 aromatic rings. The predicted octanol–water partition coefficient (Wildman–Crippen LogP) is 9.53. The summed E-state index contributed by atoms with van der Waals surface area (Å²) >= 11 is 8.38. The second-order valence-corrected chi connectivity index (χ2v) is 12.2. The Bertz CT molecular complexity index is 1040. The Morgan fingerprint density at radius 3 is 2.13 bits per heavy atom. The highest BCUT2D eigenvalue weighted by Gasteiger charge is 2.36. The Hall–Kier alpha value is -2.10. The Labute approximate surface area is 246 Å². The molecule has 39 heavy (non-hydrogen) atoms. The molecule has 0 saturated carbocycles. The zero-order valence-corrected chi connectivity index (χ0v) is 26.4. The van der Waals surface area contributed by atoms with Crippen LogP contribution in [0.1, 0.15) is 117 Å². The van der Waals surface area contributed by atoms with Crippen LogP contribution in [-0.4, -0.2) is 36.3 Å². The van der Waals surface area contributed by atoms with Crippen LogP contribution in [0, 0.1) is 12.5 Å². The number of carbonyl (C=O) groups excluding carboxylic acids is 2. The Morgan fingerprint density at radius 2 is 1.59 bits per heavy atom. The summed E-state index contributed by atoms with van der Waals surface area (Å²) in [6.07, 6.45) is 15.4. The van der Waals surface area contributed by atoms with Gasteiger partial charge in [-0.3, -0.25) is 14.5 Å². The largest absolute Gasteiger partial charge is 0.362 e. The first-order valence-corrected chi connectivity index (χ1v) is 16.2. The molecule has 1 unspecified atom stereocenters. The summed E-state index contributed by atoms with van der Waals surface area (Å²) in [7, 11) is 0. The van der Waals surface area contributed by atoms with Crippen molar-refractivity contribution in [1.82, 2.24) is 4.90 Å². The number of amides is 2. The summed E-state index contributed by atoms with van der Waals surface area (Å²) < 4.78 is 0. The third kappa shape index (κ3) is 9.50. The molecule has 0 aliphatic carbocycles. The van der Waals surface area contributed by atoms with Crippen LogP contribution < -0.4 is 4.90 Å². The van der Waals surface area contributed by atoms with E-state index in [1.807, 2.05) is 12.1 Å². The molecule has 0 N–H and O–H groups in total. The number of unbranched alkanes of at least 4 members (excludes halogenated alkanes) is 7. The average Bonchev–Trinajstić information content (AvgIpc) is 3.29. The lowest BCUT2D eigenvalue weighted by atomic mass is 9.94. The van der Waals surface area contributed by atoms with Crippen molar-refractivity contribution in [1.29, 1.82) is 0 Å². The molecule has 7 heteroatoms. The summed E-state index contributed by atoms with van der Waals surface area (Å²) in [5.41, 5.74) is 0.926. The minimum Gasteiger partial charge on any atom is -0.362 e. The third-order valence-corrected chi connectivity index (χ3v) is 9.15. The van der Waals surface area contributed by atoms with E-state index in [2.05, 4.69) is 37.4 Å². The molecule has 0 spiro atoms. The van der Waals surface area contributed by atoms with Gasteiger partial charge < -0.3 is 4.90 Å². The molecule has 0 radical (unpaired) electrons. The smallest absolute Gasteiger partial charge is 0.260 e. The van der Waals surface area contributed by atoms with E-state index in [1.54, 1.807) is 18.3 Å². The van der Waals surface area contributed by atoms with Crippen LogP contribution in [0.2, 0.25) is 5.02 Å². The van der Waals surface area contributed by atoms with E-state index in [0.29, 0.717) is 22.7 Å².